The highest BCUT2D eigenvalue weighted by molar-refractivity contribution is 9.10. The molecular formula is C12H15BrFNO. The molecule has 0 spiro atoms. The van der Waals surface area contributed by atoms with Crippen LogP contribution in [0.25, 0.3) is 0 Å². The number of hydrogen-bond acceptors (Lipinski definition) is 2. The first kappa shape index (κ1) is 11.9. The lowest BCUT2D eigenvalue weighted by Crippen LogP contribution is -2.22. The molecule has 1 fully saturated rings. The third-order valence-electron chi connectivity index (χ3n) is 2.86. The molecule has 1 aliphatic heterocycles. The molecule has 0 saturated carbocycles. The molecule has 1 aliphatic rings. The Morgan fingerprint density at radius 3 is 2.81 bits per heavy atom. The van der Waals surface area contributed by atoms with Crippen molar-refractivity contribution in [1.82, 2.24) is 0 Å². The maximum Gasteiger partial charge on any atom is 0.139 e. The Morgan fingerprint density at radius 2 is 2.12 bits per heavy atom. The van der Waals surface area contributed by atoms with Crippen LogP contribution in [0, 0.1) is 11.7 Å². The van der Waals surface area contributed by atoms with E-state index in [-0.39, 0.29) is 5.82 Å². The van der Waals surface area contributed by atoms with E-state index in [9.17, 15) is 4.39 Å². The fourth-order valence-electron chi connectivity index (χ4n) is 1.82. The van der Waals surface area contributed by atoms with Crippen LogP contribution in [-0.4, -0.2) is 19.8 Å². The van der Waals surface area contributed by atoms with Gasteiger partial charge in [-0.3, -0.25) is 0 Å². The molecule has 16 heavy (non-hydrogen) atoms. The molecular weight excluding hydrogens is 273 g/mol. The van der Waals surface area contributed by atoms with Crippen molar-refractivity contribution in [1.29, 1.82) is 0 Å². The van der Waals surface area contributed by atoms with Gasteiger partial charge in [-0.15, -0.1) is 0 Å². The first-order chi connectivity index (χ1) is 7.75. The van der Waals surface area contributed by atoms with Gasteiger partial charge in [0, 0.05) is 25.4 Å². The van der Waals surface area contributed by atoms with Crippen LogP contribution in [0.3, 0.4) is 0 Å². The van der Waals surface area contributed by atoms with Crippen LogP contribution >= 0.6 is 15.9 Å². The average Bonchev–Trinajstić information content (AvgIpc) is 2.32. The van der Waals surface area contributed by atoms with E-state index in [1.807, 2.05) is 6.07 Å². The van der Waals surface area contributed by atoms with Crippen LogP contribution in [-0.2, 0) is 4.74 Å². The van der Waals surface area contributed by atoms with Gasteiger partial charge in [-0.25, -0.2) is 4.39 Å². The van der Waals surface area contributed by atoms with Crippen LogP contribution in [0.15, 0.2) is 22.7 Å². The highest BCUT2D eigenvalue weighted by Gasteiger charge is 2.13. The maximum absolute atomic E-state index is 13.2. The highest BCUT2D eigenvalue weighted by atomic mass is 79.9. The lowest BCUT2D eigenvalue weighted by Gasteiger charge is -2.22. The fourth-order valence-corrected chi connectivity index (χ4v) is 2.07. The average molecular weight is 288 g/mol. The van der Waals surface area contributed by atoms with Gasteiger partial charge in [-0.2, -0.15) is 0 Å². The van der Waals surface area contributed by atoms with Crippen molar-refractivity contribution >= 4 is 21.6 Å². The summed E-state index contributed by atoms with van der Waals surface area (Å²) in [5, 5.41) is 3.27. The smallest absolute Gasteiger partial charge is 0.139 e. The van der Waals surface area contributed by atoms with E-state index in [4.69, 9.17) is 4.74 Å². The Bertz CT molecular complexity index is 353. The monoisotopic (exact) mass is 287 g/mol. The minimum absolute atomic E-state index is 0.225. The van der Waals surface area contributed by atoms with Crippen molar-refractivity contribution < 1.29 is 9.13 Å². The van der Waals surface area contributed by atoms with Crippen molar-refractivity contribution in [2.24, 2.45) is 5.92 Å². The van der Waals surface area contributed by atoms with Gasteiger partial charge in [-0.1, -0.05) is 0 Å². The summed E-state index contributed by atoms with van der Waals surface area (Å²) in [6.07, 6.45) is 2.18. The summed E-state index contributed by atoms with van der Waals surface area (Å²) in [5.74, 6) is 0.414. The summed E-state index contributed by atoms with van der Waals surface area (Å²) in [5.41, 5.74) is 0.840. The Morgan fingerprint density at radius 1 is 1.38 bits per heavy atom. The van der Waals surface area contributed by atoms with Crippen LogP contribution in [0.1, 0.15) is 12.8 Å². The van der Waals surface area contributed by atoms with E-state index in [0.29, 0.717) is 10.4 Å². The lowest BCUT2D eigenvalue weighted by molar-refractivity contribution is 0.0699. The van der Waals surface area contributed by atoms with Gasteiger partial charge in [-0.05, 0) is 52.9 Å². The highest BCUT2D eigenvalue weighted by Crippen LogP contribution is 2.21. The number of anilines is 1. The van der Waals surface area contributed by atoms with E-state index in [0.717, 1.165) is 38.3 Å². The van der Waals surface area contributed by atoms with Crippen molar-refractivity contribution in [2.45, 2.75) is 12.8 Å². The second-order valence-corrected chi connectivity index (χ2v) is 4.92. The van der Waals surface area contributed by atoms with Crippen molar-refractivity contribution in [3.05, 3.63) is 28.5 Å². The SMILES string of the molecule is Fc1cc(NCC2CCOCC2)ccc1Br. The van der Waals surface area contributed by atoms with Crippen molar-refractivity contribution in [3.8, 4) is 0 Å². The van der Waals surface area contributed by atoms with Crippen LogP contribution in [0.2, 0.25) is 0 Å². The Labute approximate surface area is 103 Å². The van der Waals surface area contributed by atoms with Gasteiger partial charge < -0.3 is 10.1 Å². The minimum Gasteiger partial charge on any atom is -0.385 e. The predicted octanol–water partition coefficient (Wildman–Crippen LogP) is 3.43. The molecule has 1 aromatic rings. The third-order valence-corrected chi connectivity index (χ3v) is 3.50. The number of rotatable bonds is 3. The van der Waals surface area contributed by atoms with Crippen LogP contribution < -0.4 is 5.32 Å². The minimum atomic E-state index is -0.225. The molecule has 4 heteroatoms. The van der Waals surface area contributed by atoms with E-state index in [1.54, 1.807) is 6.07 Å². The molecule has 0 unspecified atom stereocenters. The number of benzene rings is 1. The predicted molar refractivity (Wildman–Crippen MR) is 66.1 cm³/mol. The van der Waals surface area contributed by atoms with E-state index in [2.05, 4.69) is 21.2 Å². The van der Waals surface area contributed by atoms with Crippen LogP contribution in [0.5, 0.6) is 0 Å². The summed E-state index contributed by atoms with van der Waals surface area (Å²) in [6.45, 7) is 2.59. The molecule has 0 aliphatic carbocycles. The van der Waals surface area contributed by atoms with Gasteiger partial charge in [0.1, 0.15) is 5.82 Å². The molecule has 1 N–H and O–H groups in total. The second kappa shape index (κ2) is 5.64. The zero-order valence-electron chi connectivity index (χ0n) is 9.01. The standard InChI is InChI=1S/C12H15BrFNO/c13-11-2-1-10(7-12(11)14)15-8-9-3-5-16-6-4-9/h1-2,7,9,15H,3-6,8H2. The number of nitrogens with one attached hydrogen (secondary N) is 1. The van der Waals surface area contributed by atoms with Crippen molar-refractivity contribution in [2.75, 3.05) is 25.1 Å². The molecule has 2 rings (SSSR count). The molecule has 1 aromatic carbocycles. The van der Waals surface area contributed by atoms with Gasteiger partial charge >= 0.3 is 0 Å². The molecule has 88 valence electrons. The molecule has 0 radical (unpaired) electrons. The van der Waals surface area contributed by atoms with Crippen LogP contribution in [0.4, 0.5) is 10.1 Å². The number of halogens is 2. The van der Waals surface area contributed by atoms with Crippen molar-refractivity contribution in [3.63, 3.8) is 0 Å². The first-order valence-corrected chi connectivity index (χ1v) is 6.31. The molecule has 2 nitrogen and oxygen atoms in total. The van der Waals surface area contributed by atoms with Gasteiger partial charge in [0.25, 0.3) is 0 Å². The normalized spacial score (nSPS) is 17.4. The summed E-state index contributed by atoms with van der Waals surface area (Å²) in [4.78, 5) is 0. The van der Waals surface area contributed by atoms with Gasteiger partial charge in [0.05, 0.1) is 4.47 Å². The largest absolute Gasteiger partial charge is 0.385 e. The third kappa shape index (κ3) is 3.19. The maximum atomic E-state index is 13.2. The molecule has 0 amide bonds. The Hall–Kier alpha value is -0.610. The topological polar surface area (TPSA) is 21.3 Å². The first-order valence-electron chi connectivity index (χ1n) is 5.52. The van der Waals surface area contributed by atoms with Gasteiger partial charge in [0.2, 0.25) is 0 Å². The van der Waals surface area contributed by atoms with E-state index < -0.39 is 0 Å². The van der Waals surface area contributed by atoms with Gasteiger partial charge in [0.15, 0.2) is 0 Å². The molecule has 1 saturated heterocycles. The Balaban J connectivity index is 1.86. The number of ether oxygens (including phenoxy) is 1. The van der Waals surface area contributed by atoms with E-state index in [1.165, 1.54) is 6.07 Å². The molecule has 1 heterocycles. The second-order valence-electron chi connectivity index (χ2n) is 4.07. The molecule has 0 bridgehead atoms. The fraction of sp³-hybridized carbons (Fsp3) is 0.500. The van der Waals surface area contributed by atoms with E-state index >= 15 is 0 Å². The zero-order chi connectivity index (χ0) is 11.4. The number of hydrogen-bond donors (Lipinski definition) is 1. The molecule has 0 atom stereocenters. The summed E-state index contributed by atoms with van der Waals surface area (Å²) in [6, 6.07) is 5.12. The summed E-state index contributed by atoms with van der Waals surface area (Å²) in [7, 11) is 0. The summed E-state index contributed by atoms with van der Waals surface area (Å²) >= 11 is 3.14. The quantitative estimate of drug-likeness (QED) is 0.920. The summed E-state index contributed by atoms with van der Waals surface area (Å²) < 4.78 is 19.0. The lowest BCUT2D eigenvalue weighted by atomic mass is 10.0. The molecule has 0 aromatic heterocycles. The zero-order valence-corrected chi connectivity index (χ0v) is 10.6. The Kier molecular flexibility index (Phi) is 4.18.